The third-order valence-corrected chi connectivity index (χ3v) is 7.26. The summed E-state index contributed by atoms with van der Waals surface area (Å²) in [5.41, 5.74) is 4.56. The van der Waals surface area contributed by atoms with Crippen LogP contribution in [0.4, 0.5) is 0 Å². The van der Waals surface area contributed by atoms with Crippen LogP contribution < -0.4 is 0 Å². The van der Waals surface area contributed by atoms with Crippen LogP contribution in [0.1, 0.15) is 35.2 Å². The molecule has 0 radical (unpaired) electrons. The summed E-state index contributed by atoms with van der Waals surface area (Å²) in [6.45, 7) is 1.60. The second-order valence-electron chi connectivity index (χ2n) is 9.46. The van der Waals surface area contributed by atoms with Crippen LogP contribution >= 0.6 is 0 Å². The van der Waals surface area contributed by atoms with Crippen LogP contribution in [0.15, 0.2) is 103 Å². The van der Waals surface area contributed by atoms with Crippen LogP contribution in [-0.4, -0.2) is 57.3 Å². The second-order valence-corrected chi connectivity index (χ2v) is 9.46. The van der Waals surface area contributed by atoms with Crippen molar-refractivity contribution in [2.45, 2.75) is 31.0 Å². The minimum absolute atomic E-state index is 0.198. The van der Waals surface area contributed by atoms with Gasteiger partial charge in [0.15, 0.2) is 0 Å². The number of hydrogen-bond donors (Lipinski definition) is 1. The number of likely N-dealkylation sites (tertiary alicyclic amines) is 1. The summed E-state index contributed by atoms with van der Waals surface area (Å²) >= 11 is 0. The lowest BCUT2D eigenvalue weighted by atomic mass is 9.74. The summed E-state index contributed by atoms with van der Waals surface area (Å²) in [5.74, 6) is -0.304. The molecule has 0 spiro atoms. The molecule has 0 saturated carbocycles. The maximum absolute atomic E-state index is 11.7. The molecule has 0 aliphatic carbocycles. The molecule has 0 bridgehead atoms. The molecule has 1 aliphatic rings. The molecule has 1 N–H and O–H groups in total. The summed E-state index contributed by atoms with van der Waals surface area (Å²) in [6, 6.07) is 31.7. The van der Waals surface area contributed by atoms with Gasteiger partial charge in [-0.1, -0.05) is 96.2 Å². The number of aliphatic hydroxyl groups is 1. The topological polar surface area (TPSA) is 80.5 Å². The number of piperidine rings is 1. The lowest BCUT2D eigenvalue weighted by Gasteiger charge is -2.48. The molecule has 4 aromatic rings. The van der Waals surface area contributed by atoms with E-state index in [1.54, 1.807) is 10.9 Å². The van der Waals surface area contributed by atoms with E-state index in [0.29, 0.717) is 26.1 Å². The number of methoxy groups -OCH3 is 1. The highest BCUT2D eigenvalue weighted by atomic mass is 16.5. The quantitative estimate of drug-likeness (QED) is 0.283. The van der Waals surface area contributed by atoms with Crippen molar-refractivity contribution in [3.05, 3.63) is 125 Å². The van der Waals surface area contributed by atoms with Crippen molar-refractivity contribution in [1.29, 1.82) is 0 Å². The van der Waals surface area contributed by atoms with Gasteiger partial charge in [0, 0.05) is 13.1 Å². The molecule has 1 fully saturated rings. The number of rotatable bonds is 8. The number of aryl methyl sites for hydroxylation is 1. The minimum atomic E-state index is -0.588. The summed E-state index contributed by atoms with van der Waals surface area (Å²) in [5, 5.41) is 19.3. The average molecular weight is 509 g/mol. The fourth-order valence-corrected chi connectivity index (χ4v) is 5.42. The minimum Gasteiger partial charge on any atom is -0.469 e. The maximum Gasteiger partial charge on any atom is 0.307 e. The number of benzene rings is 3. The number of hydrogen-bond acceptors (Lipinski definition) is 6. The summed E-state index contributed by atoms with van der Waals surface area (Å²) in [4.78, 5) is 14.1. The van der Waals surface area contributed by atoms with Crippen LogP contribution in [0.25, 0.3) is 6.08 Å². The number of carbonyl (C=O) groups is 1. The number of ether oxygens (including phenoxy) is 1. The van der Waals surface area contributed by atoms with E-state index in [4.69, 9.17) is 4.74 Å². The number of aromatic nitrogens is 3. The van der Waals surface area contributed by atoms with Crippen LogP contribution in [0.2, 0.25) is 0 Å². The number of esters is 1. The zero-order valence-corrected chi connectivity index (χ0v) is 21.5. The Morgan fingerprint density at radius 3 is 2.05 bits per heavy atom. The van der Waals surface area contributed by atoms with Crippen molar-refractivity contribution in [2.75, 3.05) is 20.2 Å². The Bertz CT molecular complexity index is 1270. The van der Waals surface area contributed by atoms with Crippen molar-refractivity contribution in [1.82, 2.24) is 19.9 Å². The fraction of sp³-hybridized carbons (Fsp3) is 0.258. The van der Waals surface area contributed by atoms with Crippen molar-refractivity contribution in [3.63, 3.8) is 0 Å². The molecule has 2 heterocycles. The molecule has 1 aliphatic heterocycles. The Kier molecular flexibility index (Phi) is 7.77. The monoisotopic (exact) mass is 508 g/mol. The predicted octanol–water partition coefficient (Wildman–Crippen LogP) is 4.28. The van der Waals surface area contributed by atoms with E-state index in [1.807, 2.05) is 24.3 Å². The van der Waals surface area contributed by atoms with Crippen LogP contribution in [0, 0.1) is 0 Å². The Morgan fingerprint density at radius 2 is 1.53 bits per heavy atom. The third-order valence-electron chi connectivity index (χ3n) is 7.26. The van der Waals surface area contributed by atoms with E-state index < -0.39 is 11.6 Å². The van der Waals surface area contributed by atoms with Gasteiger partial charge in [-0.2, -0.15) is 0 Å². The van der Waals surface area contributed by atoms with Gasteiger partial charge in [0.2, 0.25) is 0 Å². The molecule has 1 saturated heterocycles. The van der Waals surface area contributed by atoms with Gasteiger partial charge in [-0.05, 0) is 34.8 Å². The van der Waals surface area contributed by atoms with Gasteiger partial charge in [-0.25, -0.2) is 4.68 Å². The highest BCUT2D eigenvalue weighted by Crippen LogP contribution is 2.44. The van der Waals surface area contributed by atoms with Gasteiger partial charge in [0.25, 0.3) is 0 Å². The van der Waals surface area contributed by atoms with Crippen LogP contribution in [-0.2, 0) is 21.6 Å². The molecule has 3 aromatic carbocycles. The van der Waals surface area contributed by atoms with E-state index in [2.05, 4.69) is 88.0 Å². The van der Waals surface area contributed by atoms with Crippen molar-refractivity contribution >= 4 is 12.0 Å². The summed E-state index contributed by atoms with van der Waals surface area (Å²) in [7, 11) is 1.37. The van der Waals surface area contributed by atoms with Gasteiger partial charge >= 0.3 is 5.97 Å². The summed E-state index contributed by atoms with van der Waals surface area (Å²) in [6.07, 6.45) is 3.82. The predicted molar refractivity (Wildman–Crippen MR) is 146 cm³/mol. The molecule has 1 atom stereocenters. The first-order valence-corrected chi connectivity index (χ1v) is 12.9. The molecule has 5 rings (SSSR count). The van der Waals surface area contributed by atoms with E-state index in [-0.39, 0.29) is 12.4 Å². The van der Waals surface area contributed by atoms with Gasteiger partial charge in [0.1, 0.15) is 0 Å². The van der Waals surface area contributed by atoms with Crippen molar-refractivity contribution < 1.29 is 14.6 Å². The highest BCUT2D eigenvalue weighted by Gasteiger charge is 2.44. The molecule has 7 heteroatoms. The van der Waals surface area contributed by atoms with E-state index in [9.17, 15) is 9.90 Å². The first kappa shape index (κ1) is 25.6. The largest absolute Gasteiger partial charge is 0.469 e. The third kappa shape index (κ3) is 5.03. The molecule has 0 amide bonds. The Morgan fingerprint density at radius 1 is 0.974 bits per heavy atom. The molecule has 1 aromatic heterocycles. The van der Waals surface area contributed by atoms with Gasteiger partial charge in [-0.15, -0.1) is 5.10 Å². The molecule has 7 nitrogen and oxygen atoms in total. The fourth-order valence-electron chi connectivity index (χ4n) is 5.42. The van der Waals surface area contributed by atoms with Crippen LogP contribution in [0.5, 0.6) is 0 Å². The Hall–Kier alpha value is -4.07. The SMILES string of the molecule is COC(=O)CCn1nncc1/C=C1\CN(C(c2ccccc2)(c2ccccc2)c2ccccc2)CCC1O. The summed E-state index contributed by atoms with van der Waals surface area (Å²) < 4.78 is 6.45. The average Bonchev–Trinajstić information content (AvgIpc) is 3.42. The van der Waals surface area contributed by atoms with E-state index in [0.717, 1.165) is 28.0 Å². The molecule has 194 valence electrons. The highest BCUT2D eigenvalue weighted by molar-refractivity contribution is 5.69. The number of carbonyl (C=O) groups excluding carboxylic acids is 1. The van der Waals surface area contributed by atoms with Gasteiger partial charge < -0.3 is 9.84 Å². The first-order chi connectivity index (χ1) is 18.6. The Labute approximate surface area is 223 Å². The first-order valence-electron chi connectivity index (χ1n) is 12.9. The molecular formula is C31H32N4O3. The Balaban J connectivity index is 1.60. The van der Waals surface area contributed by atoms with Crippen molar-refractivity contribution in [3.8, 4) is 0 Å². The lowest BCUT2D eigenvalue weighted by molar-refractivity contribution is -0.140. The number of aliphatic hydroxyl groups excluding tert-OH is 1. The standard InChI is InChI=1S/C31H32N4O3/c1-38-30(37)18-20-35-28(22-32-33-35)21-24-23-34(19-17-29(24)36)31(25-11-5-2-6-12-25,26-13-7-3-8-14-26)27-15-9-4-10-16-27/h2-16,21-22,29,36H,17-20,23H2,1H3/b24-21+. The number of nitrogens with zero attached hydrogens (tertiary/aromatic N) is 4. The zero-order chi connectivity index (χ0) is 26.4. The second kappa shape index (κ2) is 11.5. The lowest BCUT2D eigenvalue weighted by Crippen LogP contribution is -2.52. The van der Waals surface area contributed by atoms with Crippen LogP contribution in [0.3, 0.4) is 0 Å². The normalized spacial score (nSPS) is 17.4. The van der Waals surface area contributed by atoms with E-state index >= 15 is 0 Å². The molecule has 38 heavy (non-hydrogen) atoms. The zero-order valence-electron chi connectivity index (χ0n) is 21.5. The van der Waals surface area contributed by atoms with Gasteiger partial charge in [0.05, 0.1) is 43.6 Å². The smallest absolute Gasteiger partial charge is 0.307 e. The van der Waals surface area contributed by atoms with E-state index in [1.165, 1.54) is 7.11 Å². The maximum atomic E-state index is 11.7. The molecular weight excluding hydrogens is 476 g/mol. The molecule has 1 unspecified atom stereocenters. The van der Waals surface area contributed by atoms with Crippen molar-refractivity contribution in [2.24, 2.45) is 0 Å². The van der Waals surface area contributed by atoms with Gasteiger partial charge in [-0.3, -0.25) is 9.69 Å².